The number of nitrogens with zero attached hydrogens (tertiary/aromatic N) is 2. The van der Waals surface area contributed by atoms with E-state index in [0.717, 1.165) is 30.4 Å². The second kappa shape index (κ2) is 12.8. The van der Waals surface area contributed by atoms with Crippen molar-refractivity contribution in [2.75, 3.05) is 38.2 Å². The number of carbonyl (C=O) groups is 2. The van der Waals surface area contributed by atoms with Crippen molar-refractivity contribution in [3.8, 4) is 11.8 Å². The Morgan fingerprint density at radius 2 is 1.89 bits per heavy atom. The Kier molecular flexibility index (Phi) is 9.50. The fraction of sp³-hybridized carbons (Fsp3) is 0.444. The van der Waals surface area contributed by atoms with Gasteiger partial charge in [-0.25, -0.2) is 0 Å². The maximum Gasteiger partial charge on any atom is 0.304 e. The number of aryl methyl sites for hydroxylation is 2. The summed E-state index contributed by atoms with van der Waals surface area (Å²) in [5.74, 6) is -0.00570. The van der Waals surface area contributed by atoms with Gasteiger partial charge in [-0.3, -0.25) is 9.59 Å². The molecule has 1 aliphatic rings. The maximum atomic E-state index is 12.8. The lowest BCUT2D eigenvalue weighted by atomic mass is 9.98. The fourth-order valence-electron chi connectivity index (χ4n) is 3.98. The van der Waals surface area contributed by atoms with Crippen molar-refractivity contribution in [1.82, 2.24) is 4.90 Å². The average molecular weight is 480 g/mol. The molecule has 0 spiro atoms. The molecule has 8 nitrogen and oxygen atoms in total. The molecule has 1 unspecified atom stereocenters. The molecule has 8 heteroatoms. The van der Waals surface area contributed by atoms with Gasteiger partial charge in [0.2, 0.25) is 6.23 Å². The highest BCUT2D eigenvalue weighted by Crippen LogP contribution is 2.35. The van der Waals surface area contributed by atoms with Crippen LogP contribution in [0.15, 0.2) is 36.4 Å². The lowest BCUT2D eigenvalue weighted by Crippen LogP contribution is -2.43. The van der Waals surface area contributed by atoms with E-state index in [2.05, 4.69) is 31.3 Å². The predicted octanol–water partition coefficient (Wildman–Crippen LogP) is 3.98. The highest BCUT2D eigenvalue weighted by molar-refractivity contribution is 5.78. The zero-order chi connectivity index (χ0) is 25.2. The van der Waals surface area contributed by atoms with E-state index >= 15 is 0 Å². The summed E-state index contributed by atoms with van der Waals surface area (Å²) < 4.78 is 17.2. The number of anilines is 1. The molecule has 1 N–H and O–H groups in total. The summed E-state index contributed by atoms with van der Waals surface area (Å²) in [6.07, 6.45) is 1.60. The van der Waals surface area contributed by atoms with Crippen molar-refractivity contribution in [3.63, 3.8) is 0 Å². The number of hydrogen-bond acceptors (Lipinski definition) is 7. The molecule has 0 radical (unpaired) electrons. The summed E-state index contributed by atoms with van der Waals surface area (Å²) >= 11 is 0. The van der Waals surface area contributed by atoms with E-state index < -0.39 is 12.2 Å². The van der Waals surface area contributed by atoms with Crippen LogP contribution in [-0.2, 0) is 31.9 Å². The van der Waals surface area contributed by atoms with E-state index in [0.29, 0.717) is 48.9 Å². The molecule has 1 atom stereocenters. The maximum absolute atomic E-state index is 12.8. The van der Waals surface area contributed by atoms with Crippen molar-refractivity contribution >= 4 is 17.6 Å². The molecule has 35 heavy (non-hydrogen) atoms. The van der Waals surface area contributed by atoms with Crippen molar-refractivity contribution in [1.29, 1.82) is 5.26 Å². The van der Waals surface area contributed by atoms with Gasteiger partial charge in [-0.05, 0) is 54.3 Å². The number of amides is 1. The predicted molar refractivity (Wildman–Crippen MR) is 132 cm³/mol. The third-order valence-corrected chi connectivity index (χ3v) is 5.76. The van der Waals surface area contributed by atoms with Gasteiger partial charge in [-0.2, -0.15) is 5.26 Å². The first-order valence-electron chi connectivity index (χ1n) is 12.0. The number of nitrogens with one attached hydrogen (secondary N) is 1. The van der Waals surface area contributed by atoms with Crippen LogP contribution in [0.1, 0.15) is 55.7 Å². The SMILES string of the molecule is CCCc1cc(CC)cc(C(Nc2ccc(C#N)cc2)OC(C)=O)c1OCC(=O)N1CCOCC1. The van der Waals surface area contributed by atoms with Gasteiger partial charge in [0.25, 0.3) is 5.91 Å². The van der Waals surface area contributed by atoms with Crippen molar-refractivity contribution in [2.24, 2.45) is 0 Å². The molecule has 2 aromatic rings. The van der Waals surface area contributed by atoms with Crippen LogP contribution in [0.25, 0.3) is 0 Å². The van der Waals surface area contributed by atoms with Crippen LogP contribution >= 0.6 is 0 Å². The van der Waals surface area contributed by atoms with E-state index in [1.54, 1.807) is 29.2 Å². The molecule has 3 rings (SSSR count). The monoisotopic (exact) mass is 479 g/mol. The third kappa shape index (κ3) is 7.20. The van der Waals surface area contributed by atoms with Crippen molar-refractivity contribution in [3.05, 3.63) is 58.7 Å². The van der Waals surface area contributed by atoms with Crippen LogP contribution in [0.4, 0.5) is 5.69 Å². The number of esters is 1. The van der Waals surface area contributed by atoms with Gasteiger partial charge in [-0.15, -0.1) is 0 Å². The van der Waals surface area contributed by atoms with E-state index in [1.807, 2.05) is 6.07 Å². The Balaban J connectivity index is 1.96. The standard InChI is InChI=1S/C27H33N3O5/c1-4-6-22-15-20(5-2)16-24(26(22)34-18-25(32)30-11-13-33-14-12-30)27(35-19(3)31)29-23-9-7-21(17-28)8-10-23/h7-10,15-16,27,29H,4-6,11-14,18H2,1-3H3. The number of hydrogen-bond donors (Lipinski definition) is 1. The fourth-order valence-corrected chi connectivity index (χ4v) is 3.98. The largest absolute Gasteiger partial charge is 0.483 e. The summed E-state index contributed by atoms with van der Waals surface area (Å²) in [5.41, 5.74) is 3.92. The number of nitriles is 1. The molecule has 1 fully saturated rings. The first-order chi connectivity index (χ1) is 16.9. The Morgan fingerprint density at radius 1 is 1.17 bits per heavy atom. The minimum Gasteiger partial charge on any atom is -0.483 e. The number of ether oxygens (including phenoxy) is 3. The van der Waals surface area contributed by atoms with Gasteiger partial charge < -0.3 is 24.4 Å². The summed E-state index contributed by atoms with van der Waals surface area (Å²) in [5, 5.41) is 12.3. The second-order valence-electron chi connectivity index (χ2n) is 8.38. The summed E-state index contributed by atoms with van der Waals surface area (Å²) in [6.45, 7) is 7.51. The van der Waals surface area contributed by atoms with Gasteiger partial charge in [0.15, 0.2) is 6.61 Å². The minimum atomic E-state index is -0.837. The molecule has 1 aliphatic heterocycles. The molecular formula is C27H33N3O5. The summed E-state index contributed by atoms with van der Waals surface area (Å²) in [7, 11) is 0. The van der Waals surface area contributed by atoms with Gasteiger partial charge in [0.1, 0.15) is 5.75 Å². The topological polar surface area (TPSA) is 101 Å². The minimum absolute atomic E-state index is 0.106. The highest BCUT2D eigenvalue weighted by Gasteiger charge is 2.25. The van der Waals surface area contributed by atoms with Crippen LogP contribution in [0, 0.1) is 11.3 Å². The number of morpholine rings is 1. The third-order valence-electron chi connectivity index (χ3n) is 5.76. The van der Waals surface area contributed by atoms with Gasteiger partial charge in [0.05, 0.1) is 30.4 Å². The van der Waals surface area contributed by atoms with E-state index in [9.17, 15) is 9.59 Å². The van der Waals surface area contributed by atoms with E-state index in [4.69, 9.17) is 19.5 Å². The number of benzene rings is 2. The summed E-state index contributed by atoms with van der Waals surface area (Å²) in [6, 6.07) is 13.0. The van der Waals surface area contributed by atoms with Gasteiger partial charge in [-0.1, -0.05) is 26.3 Å². The van der Waals surface area contributed by atoms with Crippen LogP contribution in [0.5, 0.6) is 5.75 Å². The van der Waals surface area contributed by atoms with Crippen LogP contribution in [0.3, 0.4) is 0 Å². The summed E-state index contributed by atoms with van der Waals surface area (Å²) in [4.78, 5) is 26.6. The zero-order valence-electron chi connectivity index (χ0n) is 20.6. The molecule has 0 saturated carbocycles. The Labute approximate surface area is 206 Å². The molecule has 0 aromatic heterocycles. The average Bonchev–Trinajstić information content (AvgIpc) is 2.87. The molecular weight excluding hydrogens is 446 g/mol. The Bertz CT molecular complexity index is 1060. The second-order valence-corrected chi connectivity index (χ2v) is 8.38. The lowest BCUT2D eigenvalue weighted by Gasteiger charge is -2.28. The smallest absolute Gasteiger partial charge is 0.304 e. The normalized spacial score (nSPS) is 14.1. The lowest BCUT2D eigenvalue weighted by molar-refractivity contribution is -0.145. The van der Waals surface area contributed by atoms with Crippen molar-refractivity contribution in [2.45, 2.75) is 46.3 Å². The number of rotatable bonds is 10. The van der Waals surface area contributed by atoms with Crippen molar-refractivity contribution < 1.29 is 23.8 Å². The first kappa shape index (κ1) is 26.0. The highest BCUT2D eigenvalue weighted by atomic mass is 16.6. The molecule has 1 saturated heterocycles. The quantitative estimate of drug-likeness (QED) is 0.406. The van der Waals surface area contributed by atoms with Crippen LogP contribution in [0.2, 0.25) is 0 Å². The van der Waals surface area contributed by atoms with Gasteiger partial charge in [0, 0.05) is 25.7 Å². The van der Waals surface area contributed by atoms with Gasteiger partial charge >= 0.3 is 5.97 Å². The molecule has 186 valence electrons. The molecule has 0 aliphatic carbocycles. The first-order valence-corrected chi connectivity index (χ1v) is 12.0. The molecule has 1 amide bonds. The molecule has 2 aromatic carbocycles. The van der Waals surface area contributed by atoms with Crippen LogP contribution < -0.4 is 10.1 Å². The zero-order valence-corrected chi connectivity index (χ0v) is 20.6. The molecule has 0 bridgehead atoms. The molecule has 1 heterocycles. The Morgan fingerprint density at radius 3 is 2.49 bits per heavy atom. The Hall–Kier alpha value is -3.57. The van der Waals surface area contributed by atoms with E-state index in [-0.39, 0.29) is 12.5 Å². The number of carbonyl (C=O) groups excluding carboxylic acids is 2. The van der Waals surface area contributed by atoms with Crippen LogP contribution in [-0.4, -0.2) is 49.7 Å². The van der Waals surface area contributed by atoms with E-state index in [1.165, 1.54) is 6.92 Å².